The molecule has 0 aromatic heterocycles. The van der Waals surface area contributed by atoms with Crippen LogP contribution in [0.3, 0.4) is 0 Å². The Morgan fingerprint density at radius 2 is 1.67 bits per heavy atom. The minimum Gasteiger partial charge on any atom is -0.494 e. The molecule has 0 amide bonds. The Labute approximate surface area is 218 Å². The van der Waals surface area contributed by atoms with E-state index in [1.807, 2.05) is 31.2 Å². The van der Waals surface area contributed by atoms with Gasteiger partial charge in [-0.1, -0.05) is 62.4 Å². The van der Waals surface area contributed by atoms with Gasteiger partial charge in [-0.25, -0.2) is 0 Å². The molecule has 0 bridgehead atoms. The first-order valence-corrected chi connectivity index (χ1v) is 13.1. The number of hydrogen-bond acceptors (Lipinski definition) is 7. The number of hydrogen-bond donors (Lipinski definition) is 3. The molecule has 5 atom stereocenters. The van der Waals surface area contributed by atoms with Crippen molar-refractivity contribution in [2.45, 2.75) is 82.9 Å². The summed E-state index contributed by atoms with van der Waals surface area (Å²) in [6.45, 7) is 4.40. The molecule has 3 N–H and O–H groups in total. The standard InChI is InChI=1S/C28H37ClO7/c1-3-5-6-7-8-9-24(30)35-17-23-25(31)26(32)27(33)28(36-23)19-12-15-22(29)21(16-19)18-10-13-20(14-11-18)34-4-2/h10-16,23,25-28,31-33H,3-9,17H2,1-2H3/t23-,25-,26+,27-,28+/m1/s1. The number of ether oxygens (including phenoxy) is 3. The quantitative estimate of drug-likeness (QED) is 0.272. The van der Waals surface area contributed by atoms with Crippen molar-refractivity contribution in [3.63, 3.8) is 0 Å². The Morgan fingerprint density at radius 1 is 0.944 bits per heavy atom. The summed E-state index contributed by atoms with van der Waals surface area (Å²) in [4.78, 5) is 12.1. The molecular formula is C28H37ClO7. The fourth-order valence-electron chi connectivity index (χ4n) is 4.32. The molecule has 2 aromatic rings. The van der Waals surface area contributed by atoms with E-state index >= 15 is 0 Å². The van der Waals surface area contributed by atoms with Crippen LogP contribution in [0, 0.1) is 0 Å². The van der Waals surface area contributed by atoms with Crippen LogP contribution in [0.5, 0.6) is 5.75 Å². The molecule has 1 saturated heterocycles. The van der Waals surface area contributed by atoms with E-state index in [-0.39, 0.29) is 12.6 Å². The fourth-order valence-corrected chi connectivity index (χ4v) is 4.55. The van der Waals surface area contributed by atoms with Crippen LogP contribution in [0.1, 0.15) is 64.0 Å². The molecule has 0 spiro atoms. The minimum absolute atomic E-state index is 0.214. The summed E-state index contributed by atoms with van der Waals surface area (Å²) in [5, 5.41) is 32.1. The summed E-state index contributed by atoms with van der Waals surface area (Å²) in [6.07, 6.45) is -0.805. The summed E-state index contributed by atoms with van der Waals surface area (Å²) in [5.74, 6) is 0.374. The van der Waals surface area contributed by atoms with Crippen LogP contribution in [0.4, 0.5) is 0 Å². The van der Waals surface area contributed by atoms with E-state index < -0.39 is 30.5 Å². The number of unbranched alkanes of at least 4 members (excludes halogenated alkanes) is 4. The topological polar surface area (TPSA) is 105 Å². The zero-order valence-electron chi connectivity index (χ0n) is 20.9. The lowest BCUT2D eigenvalue weighted by Crippen LogP contribution is -2.55. The highest BCUT2D eigenvalue weighted by atomic mass is 35.5. The third kappa shape index (κ3) is 7.43. The second kappa shape index (κ2) is 14.0. The second-order valence-corrected chi connectivity index (χ2v) is 9.52. The molecule has 1 heterocycles. The van der Waals surface area contributed by atoms with E-state index in [0.717, 1.165) is 49.0 Å². The zero-order valence-corrected chi connectivity index (χ0v) is 21.7. The van der Waals surface area contributed by atoms with Crippen LogP contribution in [-0.2, 0) is 14.3 Å². The first-order chi connectivity index (χ1) is 17.3. The molecule has 198 valence electrons. The van der Waals surface area contributed by atoms with Gasteiger partial charge < -0.3 is 29.5 Å². The van der Waals surface area contributed by atoms with Gasteiger partial charge in [0, 0.05) is 17.0 Å². The first-order valence-electron chi connectivity index (χ1n) is 12.7. The van der Waals surface area contributed by atoms with Crippen LogP contribution in [-0.4, -0.2) is 58.9 Å². The van der Waals surface area contributed by atoms with E-state index in [9.17, 15) is 20.1 Å². The number of halogens is 1. The summed E-state index contributed by atoms with van der Waals surface area (Å²) in [6, 6.07) is 12.7. The number of rotatable bonds is 12. The summed E-state index contributed by atoms with van der Waals surface area (Å²) >= 11 is 6.46. The van der Waals surface area contributed by atoms with Gasteiger partial charge in [0.25, 0.3) is 0 Å². The fraction of sp³-hybridized carbons (Fsp3) is 0.536. The Bertz CT molecular complexity index is 965. The Hall–Kier alpha value is -2.16. The van der Waals surface area contributed by atoms with Crippen LogP contribution < -0.4 is 4.74 Å². The first kappa shape index (κ1) is 28.4. The number of aliphatic hydroxyl groups excluding tert-OH is 3. The number of esters is 1. The van der Waals surface area contributed by atoms with Gasteiger partial charge in [0.05, 0.1) is 6.61 Å². The van der Waals surface area contributed by atoms with Crippen molar-refractivity contribution in [3.8, 4) is 16.9 Å². The monoisotopic (exact) mass is 520 g/mol. The highest BCUT2D eigenvalue weighted by molar-refractivity contribution is 6.33. The van der Waals surface area contributed by atoms with Crippen molar-refractivity contribution in [3.05, 3.63) is 53.1 Å². The maximum Gasteiger partial charge on any atom is 0.305 e. The predicted molar refractivity (Wildman–Crippen MR) is 138 cm³/mol. The van der Waals surface area contributed by atoms with Crippen molar-refractivity contribution in [1.29, 1.82) is 0 Å². The third-order valence-electron chi connectivity index (χ3n) is 6.40. The van der Waals surface area contributed by atoms with Crippen molar-refractivity contribution in [2.75, 3.05) is 13.2 Å². The van der Waals surface area contributed by atoms with Gasteiger partial charge in [0.1, 0.15) is 42.9 Å². The summed E-state index contributed by atoms with van der Waals surface area (Å²) in [5.41, 5.74) is 2.15. The van der Waals surface area contributed by atoms with Crippen molar-refractivity contribution in [1.82, 2.24) is 0 Å². The van der Waals surface area contributed by atoms with Crippen LogP contribution >= 0.6 is 11.6 Å². The lowest BCUT2D eigenvalue weighted by atomic mass is 9.90. The Balaban J connectivity index is 1.69. The number of carbonyl (C=O) groups is 1. The molecule has 7 nitrogen and oxygen atoms in total. The second-order valence-electron chi connectivity index (χ2n) is 9.11. The van der Waals surface area contributed by atoms with Gasteiger partial charge in [0.2, 0.25) is 0 Å². The molecule has 1 fully saturated rings. The summed E-state index contributed by atoms with van der Waals surface area (Å²) < 4.78 is 16.8. The van der Waals surface area contributed by atoms with Gasteiger partial charge in [-0.05, 0) is 48.7 Å². The molecule has 8 heteroatoms. The minimum atomic E-state index is -1.47. The molecule has 3 rings (SSSR count). The van der Waals surface area contributed by atoms with Crippen molar-refractivity contribution >= 4 is 17.6 Å². The van der Waals surface area contributed by atoms with E-state index in [4.69, 9.17) is 25.8 Å². The summed E-state index contributed by atoms with van der Waals surface area (Å²) in [7, 11) is 0. The van der Waals surface area contributed by atoms with Crippen LogP contribution in [0.15, 0.2) is 42.5 Å². The van der Waals surface area contributed by atoms with Gasteiger partial charge in [0.15, 0.2) is 0 Å². The van der Waals surface area contributed by atoms with E-state index in [0.29, 0.717) is 23.6 Å². The smallest absolute Gasteiger partial charge is 0.305 e. The maximum absolute atomic E-state index is 12.1. The average Bonchev–Trinajstić information content (AvgIpc) is 2.88. The predicted octanol–water partition coefficient (Wildman–Crippen LogP) is 4.83. The highest BCUT2D eigenvalue weighted by Gasteiger charge is 2.44. The lowest BCUT2D eigenvalue weighted by molar-refractivity contribution is -0.234. The SMILES string of the molecule is CCCCCCCC(=O)OC[C@H]1O[C@@H](c2ccc(Cl)c(-c3ccc(OCC)cc3)c2)[C@H](O)[C@@H](O)[C@@H]1O. The molecule has 36 heavy (non-hydrogen) atoms. The van der Waals surface area contributed by atoms with Gasteiger partial charge in [-0.3, -0.25) is 4.79 Å². The van der Waals surface area contributed by atoms with E-state index in [1.165, 1.54) is 0 Å². The highest BCUT2D eigenvalue weighted by Crippen LogP contribution is 2.37. The largest absolute Gasteiger partial charge is 0.494 e. The number of benzene rings is 2. The van der Waals surface area contributed by atoms with E-state index in [2.05, 4.69) is 6.92 Å². The molecule has 0 unspecified atom stereocenters. The molecule has 2 aromatic carbocycles. The molecule has 1 aliphatic heterocycles. The number of aliphatic hydroxyl groups is 3. The maximum atomic E-state index is 12.1. The van der Waals surface area contributed by atoms with E-state index in [1.54, 1.807) is 18.2 Å². The molecular weight excluding hydrogens is 484 g/mol. The lowest BCUT2D eigenvalue weighted by Gasteiger charge is -2.40. The van der Waals surface area contributed by atoms with Crippen LogP contribution in [0.2, 0.25) is 5.02 Å². The van der Waals surface area contributed by atoms with Crippen LogP contribution in [0.25, 0.3) is 11.1 Å². The van der Waals surface area contributed by atoms with Gasteiger partial charge in [-0.15, -0.1) is 0 Å². The molecule has 0 saturated carbocycles. The Kier molecular flexibility index (Phi) is 11.0. The third-order valence-corrected chi connectivity index (χ3v) is 6.73. The molecule has 1 aliphatic rings. The number of carbonyl (C=O) groups excluding carboxylic acids is 1. The Morgan fingerprint density at radius 3 is 2.36 bits per heavy atom. The normalized spacial score (nSPS) is 23.9. The zero-order chi connectivity index (χ0) is 26.1. The molecule has 0 aliphatic carbocycles. The van der Waals surface area contributed by atoms with Crippen molar-refractivity contribution in [2.24, 2.45) is 0 Å². The molecule has 0 radical (unpaired) electrons. The van der Waals surface area contributed by atoms with Gasteiger partial charge >= 0.3 is 5.97 Å². The van der Waals surface area contributed by atoms with Gasteiger partial charge in [-0.2, -0.15) is 0 Å². The average molecular weight is 521 g/mol. The van der Waals surface area contributed by atoms with Crippen molar-refractivity contribution < 1.29 is 34.3 Å².